The Kier molecular flexibility index (Phi) is 4.12. The number of amides is 1. The summed E-state index contributed by atoms with van der Waals surface area (Å²) in [4.78, 5) is 12.5. The molecule has 0 radical (unpaired) electrons. The third-order valence-electron chi connectivity index (χ3n) is 3.13. The molecule has 4 nitrogen and oxygen atoms in total. The Morgan fingerprint density at radius 3 is 2.86 bits per heavy atom. The summed E-state index contributed by atoms with van der Waals surface area (Å²) < 4.78 is 17.7. The third-order valence-corrected chi connectivity index (χ3v) is 4.69. The van der Waals surface area contributed by atoms with Gasteiger partial charge in [-0.3, -0.25) is 9.00 Å². The minimum atomic E-state index is -1.25. The molecule has 2 aromatic rings. The molecule has 1 atom stereocenters. The first-order chi connectivity index (χ1) is 10.1. The van der Waals surface area contributed by atoms with Crippen LogP contribution in [0.25, 0.3) is 0 Å². The lowest BCUT2D eigenvalue weighted by atomic mass is 10.4. The van der Waals surface area contributed by atoms with Crippen LogP contribution in [0.1, 0.15) is 29.2 Å². The highest BCUT2D eigenvalue weighted by molar-refractivity contribution is 7.84. The molecular weight excluding hydrogens is 310 g/mol. The summed E-state index contributed by atoms with van der Waals surface area (Å²) in [7, 11) is -1.25. The SMILES string of the molecule is O=C(NC1CC1)c1ccc(C[S@@](=O)c2cccc(Cl)c2)o1. The Morgan fingerprint density at radius 2 is 2.14 bits per heavy atom. The summed E-state index contributed by atoms with van der Waals surface area (Å²) in [6.07, 6.45) is 2.05. The van der Waals surface area contributed by atoms with Crippen LogP contribution in [0, 0.1) is 0 Å². The van der Waals surface area contributed by atoms with E-state index < -0.39 is 10.8 Å². The van der Waals surface area contributed by atoms with Gasteiger partial charge in [0.1, 0.15) is 5.76 Å². The largest absolute Gasteiger partial charge is 0.455 e. The summed E-state index contributed by atoms with van der Waals surface area (Å²) in [5.74, 6) is 0.795. The summed E-state index contributed by atoms with van der Waals surface area (Å²) in [6, 6.07) is 10.5. The third kappa shape index (κ3) is 3.74. The van der Waals surface area contributed by atoms with E-state index in [-0.39, 0.29) is 23.5 Å². The van der Waals surface area contributed by atoms with Gasteiger partial charge in [0.25, 0.3) is 5.91 Å². The highest BCUT2D eigenvalue weighted by Gasteiger charge is 2.25. The number of hydrogen-bond acceptors (Lipinski definition) is 3. The predicted octanol–water partition coefficient (Wildman–Crippen LogP) is 3.13. The number of carbonyl (C=O) groups excluding carboxylic acids is 1. The van der Waals surface area contributed by atoms with Crippen LogP contribution in [-0.4, -0.2) is 16.2 Å². The lowest BCUT2D eigenvalue weighted by molar-refractivity contribution is 0.0922. The molecule has 1 saturated carbocycles. The van der Waals surface area contributed by atoms with Gasteiger partial charge in [0.15, 0.2) is 5.76 Å². The van der Waals surface area contributed by atoms with E-state index in [9.17, 15) is 9.00 Å². The van der Waals surface area contributed by atoms with Crippen molar-refractivity contribution in [2.24, 2.45) is 0 Å². The zero-order valence-corrected chi connectivity index (χ0v) is 12.7. The van der Waals surface area contributed by atoms with Gasteiger partial charge in [-0.1, -0.05) is 17.7 Å². The lowest BCUT2D eigenvalue weighted by Gasteiger charge is -2.01. The van der Waals surface area contributed by atoms with Crippen molar-refractivity contribution in [1.82, 2.24) is 5.32 Å². The smallest absolute Gasteiger partial charge is 0.287 e. The van der Waals surface area contributed by atoms with E-state index >= 15 is 0 Å². The van der Waals surface area contributed by atoms with Crippen LogP contribution in [0.15, 0.2) is 45.7 Å². The fourth-order valence-electron chi connectivity index (χ4n) is 1.88. The van der Waals surface area contributed by atoms with E-state index in [0.29, 0.717) is 15.7 Å². The monoisotopic (exact) mass is 323 g/mol. The Bertz CT molecular complexity index is 694. The average Bonchev–Trinajstić information content (AvgIpc) is 3.14. The van der Waals surface area contributed by atoms with Gasteiger partial charge in [0, 0.05) is 16.0 Å². The van der Waals surface area contributed by atoms with Gasteiger partial charge in [0.2, 0.25) is 0 Å². The molecule has 0 spiro atoms. The highest BCUT2D eigenvalue weighted by Crippen LogP contribution is 2.21. The van der Waals surface area contributed by atoms with Crippen molar-refractivity contribution < 1.29 is 13.4 Å². The number of rotatable bonds is 5. The highest BCUT2D eigenvalue weighted by atomic mass is 35.5. The molecule has 0 unspecified atom stereocenters. The maximum absolute atomic E-state index is 12.2. The molecule has 1 aliphatic rings. The molecule has 1 amide bonds. The van der Waals surface area contributed by atoms with E-state index in [4.69, 9.17) is 16.0 Å². The molecule has 1 aromatic heterocycles. The molecule has 0 aliphatic heterocycles. The molecule has 1 aliphatic carbocycles. The second kappa shape index (κ2) is 6.03. The van der Waals surface area contributed by atoms with E-state index in [0.717, 1.165) is 12.8 Å². The van der Waals surface area contributed by atoms with Crippen molar-refractivity contribution in [1.29, 1.82) is 0 Å². The first-order valence-electron chi connectivity index (χ1n) is 6.65. The normalized spacial score (nSPS) is 15.7. The maximum atomic E-state index is 12.2. The predicted molar refractivity (Wildman–Crippen MR) is 80.8 cm³/mol. The fourth-order valence-corrected chi connectivity index (χ4v) is 3.21. The second-order valence-electron chi connectivity index (χ2n) is 4.96. The quantitative estimate of drug-likeness (QED) is 0.919. The molecule has 0 bridgehead atoms. The van der Waals surface area contributed by atoms with Crippen molar-refractivity contribution in [3.8, 4) is 0 Å². The number of nitrogens with one attached hydrogen (secondary N) is 1. The van der Waals surface area contributed by atoms with E-state index in [1.54, 1.807) is 36.4 Å². The van der Waals surface area contributed by atoms with Gasteiger partial charge in [-0.25, -0.2) is 0 Å². The summed E-state index contributed by atoms with van der Waals surface area (Å²) in [5, 5.41) is 3.40. The van der Waals surface area contributed by atoms with Gasteiger partial charge in [-0.2, -0.15) is 0 Å². The van der Waals surface area contributed by atoms with Crippen molar-refractivity contribution >= 4 is 28.3 Å². The first-order valence-corrected chi connectivity index (χ1v) is 8.35. The van der Waals surface area contributed by atoms with Crippen LogP contribution in [0.5, 0.6) is 0 Å². The van der Waals surface area contributed by atoms with Gasteiger partial charge in [0.05, 0.1) is 16.6 Å². The molecule has 1 N–H and O–H groups in total. The number of furan rings is 1. The van der Waals surface area contributed by atoms with E-state index in [1.165, 1.54) is 0 Å². The summed E-state index contributed by atoms with van der Waals surface area (Å²) >= 11 is 5.88. The number of hydrogen-bond donors (Lipinski definition) is 1. The Labute approximate surface area is 129 Å². The van der Waals surface area contributed by atoms with Crippen LogP contribution in [0.3, 0.4) is 0 Å². The van der Waals surface area contributed by atoms with Crippen LogP contribution >= 0.6 is 11.6 Å². The van der Waals surface area contributed by atoms with Crippen LogP contribution in [0.2, 0.25) is 5.02 Å². The minimum absolute atomic E-state index is 0.211. The first kappa shape index (κ1) is 14.4. The van der Waals surface area contributed by atoms with E-state index in [2.05, 4.69) is 5.32 Å². The van der Waals surface area contributed by atoms with Gasteiger partial charge >= 0.3 is 0 Å². The minimum Gasteiger partial charge on any atom is -0.455 e. The zero-order chi connectivity index (χ0) is 14.8. The molecule has 1 aromatic carbocycles. The molecule has 0 saturated heterocycles. The molecule has 110 valence electrons. The van der Waals surface area contributed by atoms with E-state index in [1.807, 2.05) is 0 Å². The topological polar surface area (TPSA) is 59.3 Å². The lowest BCUT2D eigenvalue weighted by Crippen LogP contribution is -2.24. The number of halogens is 1. The van der Waals surface area contributed by atoms with Gasteiger partial charge < -0.3 is 9.73 Å². The average molecular weight is 324 g/mol. The summed E-state index contributed by atoms with van der Waals surface area (Å²) in [6.45, 7) is 0. The maximum Gasteiger partial charge on any atom is 0.287 e. The Balaban J connectivity index is 1.66. The second-order valence-corrected chi connectivity index (χ2v) is 6.85. The molecule has 1 heterocycles. The van der Waals surface area contributed by atoms with Crippen molar-refractivity contribution in [3.05, 3.63) is 52.9 Å². The summed E-state index contributed by atoms with van der Waals surface area (Å²) in [5.41, 5.74) is 0. The zero-order valence-electron chi connectivity index (χ0n) is 11.2. The van der Waals surface area contributed by atoms with Crippen LogP contribution in [-0.2, 0) is 16.6 Å². The Hall–Kier alpha value is -1.59. The van der Waals surface area contributed by atoms with Gasteiger partial charge in [-0.15, -0.1) is 0 Å². The van der Waals surface area contributed by atoms with Crippen molar-refractivity contribution in [2.45, 2.75) is 29.5 Å². The fraction of sp³-hybridized carbons (Fsp3) is 0.267. The molecule has 6 heteroatoms. The Morgan fingerprint density at radius 1 is 1.33 bits per heavy atom. The molecule has 1 fully saturated rings. The molecular formula is C15H14ClNO3S. The molecule has 21 heavy (non-hydrogen) atoms. The van der Waals surface area contributed by atoms with Crippen LogP contribution < -0.4 is 5.32 Å². The number of benzene rings is 1. The van der Waals surface area contributed by atoms with Crippen molar-refractivity contribution in [3.63, 3.8) is 0 Å². The molecule has 3 rings (SSSR count). The van der Waals surface area contributed by atoms with Gasteiger partial charge in [-0.05, 0) is 43.2 Å². The standard InChI is InChI=1S/C15H14ClNO3S/c16-10-2-1-3-13(8-10)21(19)9-12-6-7-14(20-12)15(18)17-11-4-5-11/h1-3,6-8,11H,4-5,9H2,(H,17,18)/t21-/m1/s1. The van der Waals surface area contributed by atoms with Crippen molar-refractivity contribution in [2.75, 3.05) is 0 Å². The number of carbonyl (C=O) groups is 1. The van der Waals surface area contributed by atoms with Crippen LogP contribution in [0.4, 0.5) is 0 Å².